The van der Waals surface area contributed by atoms with Crippen LogP contribution in [0, 0.1) is 0 Å². The van der Waals surface area contributed by atoms with E-state index in [1.165, 1.54) is 6.20 Å². The van der Waals surface area contributed by atoms with Gasteiger partial charge in [0, 0.05) is 35.0 Å². The van der Waals surface area contributed by atoms with Crippen LogP contribution >= 0.6 is 15.9 Å². The zero-order valence-electron chi connectivity index (χ0n) is 14.4. The van der Waals surface area contributed by atoms with Gasteiger partial charge in [-0.25, -0.2) is 4.68 Å². The lowest BCUT2D eigenvalue weighted by Gasteiger charge is -2.16. The molecule has 136 valence electrons. The van der Waals surface area contributed by atoms with Crippen LogP contribution in [0.3, 0.4) is 0 Å². The molecule has 2 amide bonds. The van der Waals surface area contributed by atoms with E-state index in [1.54, 1.807) is 21.8 Å². The number of carbonyl (C=O) groups excluding carboxylic acids is 2. The van der Waals surface area contributed by atoms with E-state index >= 15 is 0 Å². The van der Waals surface area contributed by atoms with Gasteiger partial charge in [-0.3, -0.25) is 9.59 Å². The third-order valence-electron chi connectivity index (χ3n) is 4.43. The molecule has 3 aromatic rings. The van der Waals surface area contributed by atoms with E-state index < -0.39 is 0 Å². The highest BCUT2D eigenvalue weighted by Crippen LogP contribution is 2.24. The summed E-state index contributed by atoms with van der Waals surface area (Å²) in [6.45, 7) is 0.718. The Balaban J connectivity index is 1.50. The molecular weight excluding hydrogens is 408 g/mol. The number of benzene rings is 2. The van der Waals surface area contributed by atoms with Crippen molar-refractivity contribution >= 4 is 39.1 Å². The standard InChI is InChI=1S/C20H17BrN4O2/c21-15-6-8-17(9-7-15)25-13-14(12-22-25)20(27)23-16-3-1-4-18(11-16)24-10-2-5-19(24)26/h1,3-4,6-9,11-13H,2,5,10H2,(H,23,27). The summed E-state index contributed by atoms with van der Waals surface area (Å²) in [5.41, 5.74) is 2.78. The normalized spacial score (nSPS) is 13.8. The van der Waals surface area contributed by atoms with Gasteiger partial charge in [0.15, 0.2) is 0 Å². The van der Waals surface area contributed by atoms with Crippen molar-refractivity contribution in [3.63, 3.8) is 0 Å². The fourth-order valence-corrected chi connectivity index (χ4v) is 3.32. The van der Waals surface area contributed by atoms with Crippen LogP contribution in [0.15, 0.2) is 65.4 Å². The second-order valence-electron chi connectivity index (χ2n) is 6.30. The molecule has 2 aromatic carbocycles. The maximum absolute atomic E-state index is 12.6. The minimum Gasteiger partial charge on any atom is -0.322 e. The molecular formula is C20H17BrN4O2. The fourth-order valence-electron chi connectivity index (χ4n) is 3.05. The first-order valence-electron chi connectivity index (χ1n) is 8.62. The van der Waals surface area contributed by atoms with Crippen LogP contribution in [0.25, 0.3) is 5.69 Å². The number of nitrogens with zero attached hydrogens (tertiary/aromatic N) is 3. The highest BCUT2D eigenvalue weighted by molar-refractivity contribution is 9.10. The Morgan fingerprint density at radius 3 is 2.67 bits per heavy atom. The molecule has 27 heavy (non-hydrogen) atoms. The third kappa shape index (κ3) is 3.78. The van der Waals surface area contributed by atoms with Gasteiger partial charge in [-0.15, -0.1) is 0 Å². The number of hydrogen-bond acceptors (Lipinski definition) is 3. The van der Waals surface area contributed by atoms with Crippen LogP contribution in [0.2, 0.25) is 0 Å². The zero-order valence-corrected chi connectivity index (χ0v) is 16.0. The molecule has 0 atom stereocenters. The second kappa shape index (κ2) is 7.36. The summed E-state index contributed by atoms with van der Waals surface area (Å²) < 4.78 is 2.63. The topological polar surface area (TPSA) is 67.2 Å². The Morgan fingerprint density at radius 2 is 1.93 bits per heavy atom. The van der Waals surface area contributed by atoms with Gasteiger partial charge in [0.25, 0.3) is 5.91 Å². The molecule has 1 fully saturated rings. The highest BCUT2D eigenvalue weighted by atomic mass is 79.9. The molecule has 2 heterocycles. The Kier molecular flexibility index (Phi) is 4.77. The molecule has 0 unspecified atom stereocenters. The number of aromatic nitrogens is 2. The molecule has 1 aromatic heterocycles. The Hall–Kier alpha value is -2.93. The maximum atomic E-state index is 12.6. The molecule has 6 nitrogen and oxygen atoms in total. The predicted molar refractivity (Wildman–Crippen MR) is 107 cm³/mol. The van der Waals surface area contributed by atoms with Crippen molar-refractivity contribution in [2.45, 2.75) is 12.8 Å². The predicted octanol–water partition coefficient (Wildman–Crippen LogP) is 4.01. The van der Waals surface area contributed by atoms with Crippen molar-refractivity contribution in [1.82, 2.24) is 9.78 Å². The lowest BCUT2D eigenvalue weighted by molar-refractivity contribution is -0.117. The molecule has 0 spiro atoms. The summed E-state index contributed by atoms with van der Waals surface area (Å²) in [5, 5.41) is 7.13. The summed E-state index contributed by atoms with van der Waals surface area (Å²) in [6.07, 6.45) is 4.66. The lowest BCUT2D eigenvalue weighted by Crippen LogP contribution is -2.23. The van der Waals surface area contributed by atoms with Crippen molar-refractivity contribution < 1.29 is 9.59 Å². The quantitative estimate of drug-likeness (QED) is 0.687. The number of nitrogens with one attached hydrogen (secondary N) is 1. The van der Waals surface area contributed by atoms with E-state index in [0.717, 1.165) is 28.8 Å². The Morgan fingerprint density at radius 1 is 1.11 bits per heavy atom. The van der Waals surface area contributed by atoms with E-state index in [2.05, 4.69) is 26.3 Å². The zero-order chi connectivity index (χ0) is 18.8. The maximum Gasteiger partial charge on any atom is 0.258 e. The van der Waals surface area contributed by atoms with Crippen LogP contribution in [-0.2, 0) is 4.79 Å². The van der Waals surface area contributed by atoms with E-state index in [1.807, 2.05) is 42.5 Å². The molecule has 0 radical (unpaired) electrons. The number of carbonyl (C=O) groups is 2. The van der Waals surface area contributed by atoms with Crippen molar-refractivity contribution in [3.05, 3.63) is 71.0 Å². The fraction of sp³-hybridized carbons (Fsp3) is 0.150. The van der Waals surface area contributed by atoms with E-state index in [0.29, 0.717) is 17.7 Å². The Labute approximate surface area is 164 Å². The molecule has 0 aliphatic carbocycles. The number of rotatable bonds is 4. The van der Waals surface area contributed by atoms with Gasteiger partial charge in [0.2, 0.25) is 5.91 Å². The molecule has 1 saturated heterocycles. The van der Waals surface area contributed by atoms with Crippen molar-refractivity contribution in [2.24, 2.45) is 0 Å². The first-order valence-corrected chi connectivity index (χ1v) is 9.42. The second-order valence-corrected chi connectivity index (χ2v) is 7.22. The van der Waals surface area contributed by atoms with Gasteiger partial charge in [-0.05, 0) is 48.9 Å². The minimum atomic E-state index is -0.247. The number of amides is 2. The van der Waals surface area contributed by atoms with E-state index in [9.17, 15) is 9.59 Å². The Bertz CT molecular complexity index is 997. The summed E-state index contributed by atoms with van der Waals surface area (Å²) >= 11 is 3.40. The lowest BCUT2D eigenvalue weighted by atomic mass is 10.2. The molecule has 7 heteroatoms. The summed E-state index contributed by atoms with van der Waals surface area (Å²) in [7, 11) is 0. The van der Waals surface area contributed by atoms with Gasteiger partial charge in [0.1, 0.15) is 0 Å². The minimum absolute atomic E-state index is 0.120. The van der Waals surface area contributed by atoms with Crippen LogP contribution in [-0.4, -0.2) is 28.1 Å². The summed E-state index contributed by atoms with van der Waals surface area (Å²) in [4.78, 5) is 26.2. The van der Waals surface area contributed by atoms with Crippen molar-refractivity contribution in [2.75, 3.05) is 16.8 Å². The molecule has 1 N–H and O–H groups in total. The van der Waals surface area contributed by atoms with Gasteiger partial charge >= 0.3 is 0 Å². The van der Waals surface area contributed by atoms with Gasteiger partial charge in [-0.1, -0.05) is 22.0 Å². The molecule has 0 bridgehead atoms. The number of anilines is 2. The van der Waals surface area contributed by atoms with Gasteiger partial charge < -0.3 is 10.2 Å². The monoisotopic (exact) mass is 424 g/mol. The van der Waals surface area contributed by atoms with Gasteiger partial charge in [0.05, 0.1) is 17.4 Å². The van der Waals surface area contributed by atoms with Crippen LogP contribution in [0.5, 0.6) is 0 Å². The first kappa shape index (κ1) is 17.5. The SMILES string of the molecule is O=C(Nc1cccc(N2CCCC2=O)c1)c1cnn(-c2ccc(Br)cc2)c1. The van der Waals surface area contributed by atoms with Crippen LogP contribution in [0.4, 0.5) is 11.4 Å². The van der Waals surface area contributed by atoms with E-state index in [4.69, 9.17) is 0 Å². The smallest absolute Gasteiger partial charge is 0.258 e. The molecule has 1 aliphatic rings. The average Bonchev–Trinajstić information content (AvgIpc) is 3.32. The third-order valence-corrected chi connectivity index (χ3v) is 4.95. The van der Waals surface area contributed by atoms with E-state index in [-0.39, 0.29) is 11.8 Å². The average molecular weight is 425 g/mol. The van der Waals surface area contributed by atoms with Crippen molar-refractivity contribution in [1.29, 1.82) is 0 Å². The van der Waals surface area contributed by atoms with Crippen LogP contribution in [0.1, 0.15) is 23.2 Å². The number of hydrogen-bond donors (Lipinski definition) is 1. The van der Waals surface area contributed by atoms with Gasteiger partial charge in [-0.2, -0.15) is 5.10 Å². The van der Waals surface area contributed by atoms with Crippen molar-refractivity contribution in [3.8, 4) is 5.69 Å². The summed E-state index contributed by atoms with van der Waals surface area (Å²) in [5.74, 6) is -0.127. The highest BCUT2D eigenvalue weighted by Gasteiger charge is 2.22. The molecule has 4 rings (SSSR count). The summed E-state index contributed by atoms with van der Waals surface area (Å²) in [6, 6.07) is 15.0. The van der Waals surface area contributed by atoms with Crippen LogP contribution < -0.4 is 10.2 Å². The largest absolute Gasteiger partial charge is 0.322 e. The molecule has 0 saturated carbocycles. The first-order chi connectivity index (χ1) is 13.1. The molecule has 1 aliphatic heterocycles. The number of halogens is 1.